The van der Waals surface area contributed by atoms with Crippen molar-refractivity contribution in [2.75, 3.05) is 44.3 Å². The predicted octanol–water partition coefficient (Wildman–Crippen LogP) is 5.52. The van der Waals surface area contributed by atoms with Gasteiger partial charge < -0.3 is 9.47 Å². The molecule has 1 saturated heterocycles. The lowest BCUT2D eigenvalue weighted by molar-refractivity contribution is -0.131. The van der Waals surface area contributed by atoms with Crippen LogP contribution >= 0.6 is 34.5 Å². The lowest BCUT2D eigenvalue weighted by Crippen LogP contribution is -2.50. The van der Waals surface area contributed by atoms with Crippen molar-refractivity contribution in [1.82, 2.24) is 9.88 Å². The summed E-state index contributed by atoms with van der Waals surface area (Å²) in [5.41, 5.74) is -0.393. The molecule has 1 aromatic heterocycles. The van der Waals surface area contributed by atoms with Crippen molar-refractivity contribution in [1.29, 1.82) is 0 Å². The van der Waals surface area contributed by atoms with Crippen molar-refractivity contribution in [2.24, 2.45) is 0 Å². The number of ether oxygens (including phenoxy) is 2. The SMILES string of the molecule is CC(C)(Oc1ccc(Cl)cc1)C(=O)N(CCCN1CCOCC1)c1nc2c(Cl)cccc2s1. The van der Waals surface area contributed by atoms with Crippen LogP contribution in [0, 0.1) is 0 Å². The molecule has 0 N–H and O–H groups in total. The number of rotatable bonds is 8. The van der Waals surface area contributed by atoms with Crippen LogP contribution in [0.1, 0.15) is 20.3 Å². The summed E-state index contributed by atoms with van der Waals surface area (Å²) in [4.78, 5) is 22.6. The second-order valence-corrected chi connectivity index (χ2v) is 10.3. The monoisotopic (exact) mass is 507 g/mol. The standard InChI is InChI=1S/C24H27Cl2N3O3S/c1-24(2,32-18-9-7-17(25)8-10-18)22(30)29(12-4-11-28-13-15-31-16-14-28)23-27-21-19(26)5-3-6-20(21)33-23/h3,5-10H,4,11-16H2,1-2H3. The first-order chi connectivity index (χ1) is 15.8. The average molecular weight is 508 g/mol. The summed E-state index contributed by atoms with van der Waals surface area (Å²) in [6, 6.07) is 12.7. The summed E-state index contributed by atoms with van der Waals surface area (Å²) < 4.78 is 12.5. The Morgan fingerprint density at radius 2 is 1.91 bits per heavy atom. The van der Waals surface area contributed by atoms with E-state index < -0.39 is 5.60 Å². The van der Waals surface area contributed by atoms with E-state index in [1.807, 2.05) is 18.2 Å². The normalized spacial score (nSPS) is 15.0. The van der Waals surface area contributed by atoms with E-state index in [4.69, 9.17) is 37.7 Å². The van der Waals surface area contributed by atoms with Crippen LogP contribution in [0.15, 0.2) is 42.5 Å². The topological polar surface area (TPSA) is 54.9 Å². The number of aromatic nitrogens is 1. The van der Waals surface area contributed by atoms with Gasteiger partial charge in [-0.3, -0.25) is 14.6 Å². The first-order valence-corrected chi connectivity index (χ1v) is 12.5. The highest BCUT2D eigenvalue weighted by atomic mass is 35.5. The van der Waals surface area contributed by atoms with Crippen LogP contribution in [0.25, 0.3) is 10.2 Å². The van der Waals surface area contributed by atoms with Gasteiger partial charge in [0, 0.05) is 31.2 Å². The number of carbonyl (C=O) groups is 1. The molecule has 0 unspecified atom stereocenters. The summed E-state index contributed by atoms with van der Waals surface area (Å²) in [6.45, 7) is 8.30. The molecule has 0 bridgehead atoms. The third-order valence-electron chi connectivity index (χ3n) is 5.50. The molecule has 1 amide bonds. The van der Waals surface area contributed by atoms with Crippen LogP contribution < -0.4 is 9.64 Å². The number of carbonyl (C=O) groups excluding carboxylic acids is 1. The molecule has 1 aliphatic heterocycles. The highest BCUT2D eigenvalue weighted by Crippen LogP contribution is 2.34. The maximum atomic E-state index is 13.8. The van der Waals surface area contributed by atoms with E-state index in [9.17, 15) is 4.79 Å². The first-order valence-electron chi connectivity index (χ1n) is 11.0. The number of halogens is 2. The van der Waals surface area contributed by atoms with Gasteiger partial charge in [-0.05, 0) is 56.7 Å². The number of benzene rings is 2. The van der Waals surface area contributed by atoms with Crippen LogP contribution in [0.2, 0.25) is 10.0 Å². The molecular formula is C24H27Cl2N3O3S. The Morgan fingerprint density at radius 3 is 2.61 bits per heavy atom. The molecule has 176 valence electrons. The van der Waals surface area contributed by atoms with E-state index in [2.05, 4.69) is 4.90 Å². The smallest absolute Gasteiger partial charge is 0.272 e. The van der Waals surface area contributed by atoms with E-state index in [0.29, 0.717) is 33.0 Å². The number of morpholine rings is 1. The zero-order valence-electron chi connectivity index (χ0n) is 18.7. The Balaban J connectivity index is 1.56. The van der Waals surface area contributed by atoms with Gasteiger partial charge in [-0.25, -0.2) is 4.98 Å². The maximum absolute atomic E-state index is 13.8. The number of fused-ring (bicyclic) bond motifs is 1. The zero-order valence-corrected chi connectivity index (χ0v) is 21.1. The molecule has 3 aromatic rings. The van der Waals surface area contributed by atoms with Crippen molar-refractivity contribution >= 4 is 55.8 Å². The van der Waals surface area contributed by atoms with Gasteiger partial charge >= 0.3 is 0 Å². The molecule has 6 nitrogen and oxygen atoms in total. The first kappa shape index (κ1) is 24.2. The Morgan fingerprint density at radius 1 is 1.18 bits per heavy atom. The minimum Gasteiger partial charge on any atom is -0.478 e. The Kier molecular flexibility index (Phi) is 7.76. The van der Waals surface area contributed by atoms with Gasteiger partial charge in [-0.15, -0.1) is 0 Å². The van der Waals surface area contributed by atoms with Crippen LogP contribution in [-0.2, 0) is 9.53 Å². The maximum Gasteiger partial charge on any atom is 0.272 e. The zero-order chi connectivity index (χ0) is 23.4. The Bertz CT molecular complexity index is 1100. The summed E-state index contributed by atoms with van der Waals surface area (Å²) in [5, 5.41) is 1.81. The average Bonchev–Trinajstić information content (AvgIpc) is 3.24. The molecule has 0 spiro atoms. The fourth-order valence-electron chi connectivity index (χ4n) is 3.75. The quantitative estimate of drug-likeness (QED) is 0.401. The fourth-order valence-corrected chi connectivity index (χ4v) is 5.16. The van der Waals surface area contributed by atoms with Gasteiger partial charge in [-0.2, -0.15) is 0 Å². The van der Waals surface area contributed by atoms with Crippen LogP contribution in [0.4, 0.5) is 5.13 Å². The lowest BCUT2D eigenvalue weighted by atomic mass is 10.1. The number of amides is 1. The molecule has 0 radical (unpaired) electrons. The van der Waals surface area contributed by atoms with Crippen molar-refractivity contribution in [3.63, 3.8) is 0 Å². The van der Waals surface area contributed by atoms with E-state index in [1.54, 1.807) is 43.0 Å². The van der Waals surface area contributed by atoms with E-state index >= 15 is 0 Å². The number of thiazole rings is 1. The van der Waals surface area contributed by atoms with Gasteiger partial charge in [0.05, 0.1) is 22.9 Å². The van der Waals surface area contributed by atoms with Gasteiger partial charge in [-0.1, -0.05) is 40.6 Å². The highest BCUT2D eigenvalue weighted by molar-refractivity contribution is 7.22. The lowest BCUT2D eigenvalue weighted by Gasteiger charge is -2.32. The largest absolute Gasteiger partial charge is 0.478 e. The molecule has 33 heavy (non-hydrogen) atoms. The summed E-state index contributed by atoms with van der Waals surface area (Å²) in [5.74, 6) is 0.424. The van der Waals surface area contributed by atoms with Gasteiger partial charge in [0.25, 0.3) is 5.91 Å². The van der Waals surface area contributed by atoms with Crippen molar-refractivity contribution in [2.45, 2.75) is 25.9 Å². The van der Waals surface area contributed by atoms with E-state index in [-0.39, 0.29) is 5.91 Å². The molecular weight excluding hydrogens is 481 g/mol. The number of anilines is 1. The van der Waals surface area contributed by atoms with Crippen LogP contribution in [0.5, 0.6) is 5.75 Å². The number of para-hydroxylation sites is 1. The molecule has 2 aromatic carbocycles. The third-order valence-corrected chi connectivity index (χ3v) is 7.10. The minimum atomic E-state index is -1.10. The molecule has 0 saturated carbocycles. The second-order valence-electron chi connectivity index (χ2n) is 8.41. The van der Waals surface area contributed by atoms with Gasteiger partial charge in [0.1, 0.15) is 11.3 Å². The molecule has 1 fully saturated rings. The molecule has 0 aliphatic carbocycles. The molecule has 4 rings (SSSR count). The number of hydrogen-bond acceptors (Lipinski definition) is 6. The van der Waals surface area contributed by atoms with Crippen molar-refractivity contribution in [3.05, 3.63) is 52.5 Å². The van der Waals surface area contributed by atoms with E-state index in [0.717, 1.165) is 44.0 Å². The highest BCUT2D eigenvalue weighted by Gasteiger charge is 2.36. The van der Waals surface area contributed by atoms with Crippen LogP contribution in [0.3, 0.4) is 0 Å². The number of nitrogens with zero attached hydrogens (tertiary/aromatic N) is 3. The summed E-state index contributed by atoms with van der Waals surface area (Å²) in [6.07, 6.45) is 0.812. The second kappa shape index (κ2) is 10.6. The molecule has 1 aliphatic rings. The molecule has 0 atom stereocenters. The van der Waals surface area contributed by atoms with Gasteiger partial charge in [0.2, 0.25) is 0 Å². The molecule has 2 heterocycles. The minimum absolute atomic E-state index is 0.158. The van der Waals surface area contributed by atoms with Crippen LogP contribution in [-0.4, -0.2) is 60.8 Å². The summed E-state index contributed by atoms with van der Waals surface area (Å²) >= 11 is 13.8. The third kappa shape index (κ3) is 5.97. The van der Waals surface area contributed by atoms with Crippen molar-refractivity contribution in [3.8, 4) is 5.75 Å². The Labute approximate surface area is 208 Å². The Hall–Kier alpha value is -1.90. The van der Waals surface area contributed by atoms with Crippen molar-refractivity contribution < 1.29 is 14.3 Å². The molecule has 9 heteroatoms. The van der Waals surface area contributed by atoms with E-state index in [1.165, 1.54) is 11.3 Å². The fraction of sp³-hybridized carbons (Fsp3) is 0.417. The van der Waals surface area contributed by atoms with Gasteiger partial charge in [0.15, 0.2) is 10.7 Å². The number of hydrogen-bond donors (Lipinski definition) is 0. The summed E-state index contributed by atoms with van der Waals surface area (Å²) in [7, 11) is 0. The predicted molar refractivity (Wildman–Crippen MR) is 135 cm³/mol.